The number of anilines is 1. The monoisotopic (exact) mass is 434 g/mol. The third-order valence-corrected chi connectivity index (χ3v) is 6.02. The number of benzene rings is 1. The molecule has 4 rings (SSSR count). The second-order valence-electron chi connectivity index (χ2n) is 6.95. The number of rotatable bonds is 5. The average Bonchev–Trinajstić information content (AvgIpc) is 3.23. The number of nitrogens with one attached hydrogen (secondary N) is 1. The number of imidazole rings is 1. The Morgan fingerprint density at radius 3 is 2.73 bits per heavy atom. The molecule has 0 unspecified atom stereocenters. The highest BCUT2D eigenvalue weighted by Crippen LogP contribution is 2.50. The van der Waals surface area contributed by atoms with Crippen LogP contribution in [0.5, 0.6) is 0 Å². The molecule has 1 aromatic carbocycles. The van der Waals surface area contributed by atoms with Gasteiger partial charge in [-0.25, -0.2) is 4.98 Å². The first-order valence-corrected chi connectivity index (χ1v) is 9.30. The van der Waals surface area contributed by atoms with E-state index in [2.05, 4.69) is 27.6 Å². The van der Waals surface area contributed by atoms with Crippen LogP contribution in [0.4, 0.5) is 5.95 Å². The van der Waals surface area contributed by atoms with Crippen LogP contribution >= 0.6 is 12.6 Å². The lowest BCUT2D eigenvalue weighted by atomic mass is 9.92. The van der Waals surface area contributed by atoms with E-state index in [4.69, 9.17) is 10.5 Å². The van der Waals surface area contributed by atoms with Gasteiger partial charge in [-0.3, -0.25) is 24.5 Å². The van der Waals surface area contributed by atoms with Gasteiger partial charge < -0.3 is 20.7 Å². The number of ether oxygens (including phenoxy) is 1. The normalized spacial score (nSPS) is 28.8. The molecule has 1 aliphatic rings. The molecule has 0 radical (unpaired) electrons. The fraction of sp³-hybridized carbons (Fsp3) is 0.353. The lowest BCUT2D eigenvalue weighted by Gasteiger charge is -2.36. The first-order chi connectivity index (χ1) is 14.2. The molecule has 12 nitrogen and oxygen atoms in total. The summed E-state index contributed by atoms with van der Waals surface area (Å²) < 4.78 is 7.11. The molecule has 5 N–H and O–H groups in total. The van der Waals surface area contributed by atoms with Crippen molar-refractivity contribution in [3.8, 4) is 0 Å². The Hall–Kier alpha value is -3.00. The summed E-state index contributed by atoms with van der Waals surface area (Å²) in [6, 6.07) is 8.67. The van der Waals surface area contributed by atoms with Crippen molar-refractivity contribution in [2.45, 2.75) is 29.2 Å². The number of fused-ring (bicyclic) bond motifs is 1. The Morgan fingerprint density at radius 2 is 2.10 bits per heavy atom. The van der Waals surface area contributed by atoms with Crippen molar-refractivity contribution in [3.05, 3.63) is 62.7 Å². The molecule has 1 saturated heterocycles. The predicted octanol–water partition coefficient (Wildman–Crippen LogP) is -0.748. The molecular weight excluding hydrogens is 416 g/mol. The number of nitrogens with zero attached hydrogens (tertiary/aromatic N) is 4. The van der Waals surface area contributed by atoms with E-state index >= 15 is 0 Å². The first-order valence-electron chi connectivity index (χ1n) is 8.85. The van der Waals surface area contributed by atoms with Gasteiger partial charge in [-0.1, -0.05) is 43.0 Å². The van der Waals surface area contributed by atoms with Crippen molar-refractivity contribution in [3.63, 3.8) is 0 Å². The lowest BCUT2D eigenvalue weighted by molar-refractivity contribution is -0.569. The molecule has 0 bridgehead atoms. The van der Waals surface area contributed by atoms with E-state index in [0.29, 0.717) is 5.56 Å². The van der Waals surface area contributed by atoms with Crippen molar-refractivity contribution in [2.24, 2.45) is 0 Å². The number of H-pyrrole nitrogens is 1. The van der Waals surface area contributed by atoms with Gasteiger partial charge >= 0.3 is 4.87 Å². The highest BCUT2D eigenvalue weighted by Gasteiger charge is 2.74. The minimum Gasteiger partial charge on any atom is -0.394 e. The number of aliphatic hydroxyl groups excluding tert-OH is 2. The molecule has 2 aromatic heterocycles. The van der Waals surface area contributed by atoms with Crippen LogP contribution in [-0.2, 0) is 16.9 Å². The summed E-state index contributed by atoms with van der Waals surface area (Å²) in [5, 5.41) is 32.6. The third-order valence-electron chi connectivity index (χ3n) is 5.25. The summed E-state index contributed by atoms with van der Waals surface area (Å²) in [4.78, 5) is 31.6. The smallest absolute Gasteiger partial charge is 0.340 e. The maximum Gasteiger partial charge on any atom is 0.340 e. The number of aromatic amines is 1. The van der Waals surface area contributed by atoms with Gasteiger partial charge in [0.15, 0.2) is 17.3 Å². The van der Waals surface area contributed by atoms with Crippen LogP contribution in [0.2, 0.25) is 0 Å². The number of aromatic nitrogens is 4. The second kappa shape index (κ2) is 7.05. The fourth-order valence-corrected chi connectivity index (χ4v) is 4.24. The molecule has 4 atom stereocenters. The van der Waals surface area contributed by atoms with Gasteiger partial charge in [0.05, 0.1) is 12.9 Å². The summed E-state index contributed by atoms with van der Waals surface area (Å²) in [6.07, 6.45) is -2.11. The van der Waals surface area contributed by atoms with E-state index in [1.807, 2.05) is 0 Å². The Bertz CT molecular complexity index is 1170. The topological polar surface area (TPSA) is 182 Å². The van der Waals surface area contributed by atoms with Crippen molar-refractivity contribution in [2.75, 3.05) is 12.3 Å². The minimum atomic E-state index is -2.43. The van der Waals surface area contributed by atoms with E-state index in [0.717, 1.165) is 6.33 Å². The number of nitrogen functional groups attached to an aromatic ring is 1. The zero-order valence-corrected chi connectivity index (χ0v) is 16.3. The molecule has 0 spiro atoms. The number of thiol groups is 1. The van der Waals surface area contributed by atoms with Crippen molar-refractivity contribution >= 4 is 29.7 Å². The molecule has 0 aliphatic carbocycles. The Morgan fingerprint density at radius 1 is 1.40 bits per heavy atom. The molecule has 1 fully saturated rings. The van der Waals surface area contributed by atoms with Gasteiger partial charge in [-0.05, 0) is 5.56 Å². The van der Waals surface area contributed by atoms with Crippen LogP contribution in [-0.4, -0.2) is 58.3 Å². The van der Waals surface area contributed by atoms with Crippen molar-refractivity contribution < 1.29 is 19.9 Å². The third kappa shape index (κ3) is 2.70. The summed E-state index contributed by atoms with van der Waals surface area (Å²) in [6.45, 7) is -0.698. The van der Waals surface area contributed by atoms with Gasteiger partial charge in [0.1, 0.15) is 6.10 Å². The summed E-state index contributed by atoms with van der Waals surface area (Å²) >= 11 is 4.28. The van der Waals surface area contributed by atoms with Gasteiger partial charge in [0.25, 0.3) is 5.56 Å². The maximum absolute atomic E-state index is 12.2. The molecule has 0 amide bonds. The maximum atomic E-state index is 12.2. The lowest BCUT2D eigenvalue weighted by Crippen LogP contribution is -2.59. The second-order valence-corrected chi connectivity index (χ2v) is 7.63. The van der Waals surface area contributed by atoms with E-state index in [-0.39, 0.29) is 23.5 Å². The molecular formula is C17H18N6O6S. The molecule has 30 heavy (non-hydrogen) atoms. The van der Waals surface area contributed by atoms with E-state index in [1.54, 1.807) is 30.3 Å². The minimum absolute atomic E-state index is 0.0850. The molecule has 0 saturated carbocycles. The van der Waals surface area contributed by atoms with Gasteiger partial charge in [-0.15, -0.1) is 0 Å². The summed E-state index contributed by atoms with van der Waals surface area (Å²) in [7, 11) is 0. The van der Waals surface area contributed by atoms with Gasteiger partial charge in [0.2, 0.25) is 11.7 Å². The summed E-state index contributed by atoms with van der Waals surface area (Å²) in [5.41, 5.74) is 3.42. The molecule has 13 heteroatoms. The number of hydrogen-bond donors (Lipinski definition) is 5. The predicted molar refractivity (Wildman–Crippen MR) is 107 cm³/mol. The largest absolute Gasteiger partial charge is 0.394 e. The Labute approximate surface area is 173 Å². The van der Waals surface area contributed by atoms with Crippen LogP contribution in [0.25, 0.3) is 11.2 Å². The van der Waals surface area contributed by atoms with Crippen LogP contribution in [0, 0.1) is 10.1 Å². The average molecular weight is 434 g/mol. The zero-order valence-electron chi connectivity index (χ0n) is 15.4. The molecule has 3 aromatic rings. The number of aliphatic hydroxyl groups is 2. The quantitative estimate of drug-likeness (QED) is 0.149. The molecule has 158 valence electrons. The molecule has 1 aliphatic heterocycles. The van der Waals surface area contributed by atoms with E-state index in [9.17, 15) is 25.1 Å². The zero-order chi connectivity index (χ0) is 21.7. The van der Waals surface area contributed by atoms with Gasteiger partial charge in [0, 0.05) is 11.3 Å². The Kier molecular flexibility index (Phi) is 4.77. The summed E-state index contributed by atoms with van der Waals surface area (Å²) in [5.74, 6) is -0.229. The Balaban J connectivity index is 2.05. The fourth-order valence-electron chi connectivity index (χ4n) is 3.83. The van der Waals surface area contributed by atoms with Crippen LogP contribution in [0.3, 0.4) is 0 Å². The SMILES string of the molecule is Nc1nc2c(ncn2[C@]2(Cc3ccccc3)O[C@H](CO)[C@@H](O)[C@]2(S)[N+](=O)[O-])c(=O)[nH]1. The van der Waals surface area contributed by atoms with E-state index < -0.39 is 39.9 Å². The van der Waals surface area contributed by atoms with E-state index in [1.165, 1.54) is 4.57 Å². The first kappa shape index (κ1) is 20.3. The number of hydrogen-bond acceptors (Lipinski definition) is 10. The van der Waals surface area contributed by atoms with Crippen molar-refractivity contribution in [1.29, 1.82) is 0 Å². The molecule has 3 heterocycles. The standard InChI is InChI=1S/C17H18N6O6S/c18-15-20-13-11(14(26)21-15)19-8-22(13)16(6-9-4-2-1-3-5-9)17(30,23(27)28)12(25)10(7-24)29-16/h1-5,8,10,12,24-25,30H,6-7H2,(H3,18,20,21,26)/t10-,12-,16-,17-/m1/s1. The highest BCUT2D eigenvalue weighted by atomic mass is 32.1. The van der Waals surface area contributed by atoms with Crippen molar-refractivity contribution in [1.82, 2.24) is 19.5 Å². The van der Waals surface area contributed by atoms with Gasteiger partial charge in [-0.2, -0.15) is 4.98 Å². The number of nitro groups is 1. The van der Waals surface area contributed by atoms with Crippen LogP contribution in [0.15, 0.2) is 41.5 Å². The highest BCUT2D eigenvalue weighted by molar-refractivity contribution is 7.81. The van der Waals surface area contributed by atoms with Crippen LogP contribution < -0.4 is 11.3 Å². The van der Waals surface area contributed by atoms with Crippen LogP contribution in [0.1, 0.15) is 5.56 Å². The number of nitrogens with two attached hydrogens (primary N) is 1.